The molecule has 0 bridgehead atoms. The van der Waals surface area contributed by atoms with Gasteiger partial charge < -0.3 is 5.11 Å². The molecule has 1 saturated heterocycles. The van der Waals surface area contributed by atoms with Crippen molar-refractivity contribution >= 4 is 12.0 Å². The molecule has 4 nitrogen and oxygen atoms in total. The van der Waals surface area contributed by atoms with Crippen molar-refractivity contribution in [3.05, 3.63) is 35.4 Å². The van der Waals surface area contributed by atoms with E-state index in [1.165, 1.54) is 11.1 Å². The Morgan fingerprint density at radius 1 is 1.20 bits per heavy atom. The number of quaternary nitrogens is 1. The maximum absolute atomic E-state index is 12.9. The molecule has 4 heteroatoms. The van der Waals surface area contributed by atoms with Crippen molar-refractivity contribution in [3.63, 3.8) is 0 Å². The lowest BCUT2D eigenvalue weighted by molar-refractivity contribution is -0.794. The lowest BCUT2D eigenvalue weighted by Crippen LogP contribution is -2.60. The van der Waals surface area contributed by atoms with E-state index in [4.69, 9.17) is 0 Å². The van der Waals surface area contributed by atoms with Crippen LogP contribution in [0.2, 0.25) is 0 Å². The predicted octanol–water partition coefficient (Wildman–Crippen LogP) is 2.61. The highest BCUT2D eigenvalue weighted by Gasteiger charge is 2.55. The average molecular weight is 274 g/mol. The first-order valence-corrected chi connectivity index (χ1v) is 7.28. The van der Waals surface area contributed by atoms with Crippen molar-refractivity contribution in [3.8, 4) is 0 Å². The summed E-state index contributed by atoms with van der Waals surface area (Å²) in [6.07, 6.45) is 2.04. The smallest absolute Gasteiger partial charge is 0.435 e. The molecule has 0 saturated carbocycles. The molecule has 2 atom stereocenters. The Morgan fingerprint density at radius 2 is 1.80 bits per heavy atom. The summed E-state index contributed by atoms with van der Waals surface area (Å²) in [5.74, 6) is -0.275. The Balaban J connectivity index is 1.88. The number of rotatable bonds is 1. The normalized spacial score (nSPS) is 29.4. The van der Waals surface area contributed by atoms with Crippen LogP contribution in [0.1, 0.15) is 30.9 Å². The molecule has 1 aliphatic carbocycles. The van der Waals surface area contributed by atoms with Crippen molar-refractivity contribution in [2.45, 2.75) is 38.6 Å². The third-order valence-corrected chi connectivity index (χ3v) is 5.02. The Hall–Kier alpha value is -1.68. The van der Waals surface area contributed by atoms with Crippen LogP contribution >= 0.6 is 0 Å². The van der Waals surface area contributed by atoms with Crippen LogP contribution in [0.4, 0.5) is 4.79 Å². The third-order valence-electron chi connectivity index (χ3n) is 5.02. The first-order valence-electron chi connectivity index (χ1n) is 7.28. The monoisotopic (exact) mass is 274 g/mol. The number of hydrogen-bond acceptors (Lipinski definition) is 2. The van der Waals surface area contributed by atoms with Gasteiger partial charge in [-0.05, 0) is 30.9 Å². The van der Waals surface area contributed by atoms with Gasteiger partial charge in [0.2, 0.25) is 0 Å². The predicted molar refractivity (Wildman–Crippen MR) is 74.2 cm³/mol. The molecule has 1 fully saturated rings. The molecule has 2 aliphatic rings. The summed E-state index contributed by atoms with van der Waals surface area (Å²) in [4.78, 5) is 24.6. The van der Waals surface area contributed by atoms with Gasteiger partial charge in [0.25, 0.3) is 0 Å². The fourth-order valence-corrected chi connectivity index (χ4v) is 3.84. The maximum atomic E-state index is 12.9. The van der Waals surface area contributed by atoms with Crippen molar-refractivity contribution in [2.24, 2.45) is 5.92 Å². The highest BCUT2D eigenvalue weighted by Crippen LogP contribution is 2.35. The molecule has 1 N–H and O–H groups in total. The van der Waals surface area contributed by atoms with Gasteiger partial charge in [0.15, 0.2) is 0 Å². The molecular formula is C16H20NO3+. The van der Waals surface area contributed by atoms with Gasteiger partial charge in [-0.25, -0.2) is 4.79 Å². The van der Waals surface area contributed by atoms with E-state index in [0.29, 0.717) is 19.4 Å². The number of carbonyl (C=O) groups excluding carboxylic acids is 1. The van der Waals surface area contributed by atoms with E-state index in [1.54, 1.807) is 0 Å². The number of hydrogen-bond donors (Lipinski definition) is 1. The van der Waals surface area contributed by atoms with Crippen LogP contribution in [-0.4, -0.2) is 34.2 Å². The van der Waals surface area contributed by atoms with Crippen LogP contribution in [0.15, 0.2) is 24.3 Å². The molecule has 1 aliphatic heterocycles. The molecule has 1 unspecified atom stereocenters. The Kier molecular flexibility index (Phi) is 3.13. The summed E-state index contributed by atoms with van der Waals surface area (Å²) >= 11 is 0. The zero-order valence-corrected chi connectivity index (χ0v) is 11.7. The molecule has 0 spiro atoms. The molecule has 1 aromatic carbocycles. The second kappa shape index (κ2) is 4.70. The van der Waals surface area contributed by atoms with Gasteiger partial charge in [0, 0.05) is 12.8 Å². The third kappa shape index (κ3) is 1.79. The lowest BCUT2D eigenvalue weighted by atomic mass is 10.0. The lowest BCUT2D eigenvalue weighted by Gasteiger charge is -2.31. The minimum atomic E-state index is -0.976. The summed E-state index contributed by atoms with van der Waals surface area (Å²) in [5, 5.41) is 9.63. The van der Waals surface area contributed by atoms with Gasteiger partial charge in [-0.2, -0.15) is 9.28 Å². The van der Waals surface area contributed by atoms with Crippen LogP contribution in [0.5, 0.6) is 0 Å². The number of carboxylic acid groups (broad SMARTS) is 1. The van der Waals surface area contributed by atoms with E-state index >= 15 is 0 Å². The maximum Gasteiger partial charge on any atom is 0.521 e. The fraction of sp³-hybridized carbons (Fsp3) is 0.500. The number of carbonyl (C=O) groups is 2. The first kappa shape index (κ1) is 13.3. The SMILES string of the molecule is C[C@@H]1CCC[N+]1(C(=O)O)C(=O)C1Cc2ccccc2C1. The van der Waals surface area contributed by atoms with Gasteiger partial charge in [-0.1, -0.05) is 24.3 Å². The minimum absolute atomic E-state index is 0.0984. The highest BCUT2D eigenvalue weighted by atomic mass is 16.4. The average Bonchev–Trinajstić information content (AvgIpc) is 3.01. The zero-order valence-electron chi connectivity index (χ0n) is 11.7. The minimum Gasteiger partial charge on any atom is -0.435 e. The summed E-state index contributed by atoms with van der Waals surface area (Å²) < 4.78 is -0.362. The summed E-state index contributed by atoms with van der Waals surface area (Å²) in [5.41, 5.74) is 2.39. The van der Waals surface area contributed by atoms with E-state index in [2.05, 4.69) is 0 Å². The van der Waals surface area contributed by atoms with E-state index in [-0.39, 0.29) is 22.3 Å². The number of fused-ring (bicyclic) bond motifs is 1. The number of likely N-dealkylation sites (tertiary alicyclic amines) is 1. The zero-order chi connectivity index (χ0) is 14.3. The number of nitrogens with zero attached hydrogens (tertiary/aromatic N) is 1. The van der Waals surface area contributed by atoms with Crippen molar-refractivity contribution in [1.29, 1.82) is 0 Å². The summed E-state index contributed by atoms with van der Waals surface area (Å²) in [6, 6.07) is 7.93. The molecule has 3 rings (SSSR count). The van der Waals surface area contributed by atoms with Crippen molar-refractivity contribution in [1.82, 2.24) is 0 Å². The van der Waals surface area contributed by atoms with Crippen LogP contribution in [-0.2, 0) is 17.6 Å². The second-order valence-electron chi connectivity index (χ2n) is 6.08. The van der Waals surface area contributed by atoms with Gasteiger partial charge >= 0.3 is 12.0 Å². The van der Waals surface area contributed by atoms with Crippen LogP contribution in [0.25, 0.3) is 0 Å². The second-order valence-corrected chi connectivity index (χ2v) is 6.08. The summed E-state index contributed by atoms with van der Waals surface area (Å²) in [6.45, 7) is 2.34. The van der Waals surface area contributed by atoms with Crippen molar-refractivity contribution < 1.29 is 19.2 Å². The first-order chi connectivity index (χ1) is 9.55. The largest absolute Gasteiger partial charge is 0.521 e. The standard InChI is InChI=1S/C16H19NO3/c1-11-5-4-8-17(11,16(19)20)15(18)14-9-12-6-2-3-7-13(12)10-14/h2-3,6-7,11,14H,4-5,8-10H2,1H3/p+1/t11-,17?/m1/s1. The van der Waals surface area contributed by atoms with E-state index in [1.807, 2.05) is 31.2 Å². The fourth-order valence-electron chi connectivity index (χ4n) is 3.84. The van der Waals surface area contributed by atoms with Gasteiger partial charge in [-0.15, -0.1) is 0 Å². The van der Waals surface area contributed by atoms with Gasteiger partial charge in [0.1, 0.15) is 6.04 Å². The Morgan fingerprint density at radius 3 is 2.25 bits per heavy atom. The number of imide groups is 1. The molecule has 20 heavy (non-hydrogen) atoms. The van der Waals surface area contributed by atoms with E-state index in [0.717, 1.165) is 12.8 Å². The summed E-state index contributed by atoms with van der Waals surface area (Å²) in [7, 11) is 0. The van der Waals surface area contributed by atoms with Crippen molar-refractivity contribution in [2.75, 3.05) is 6.54 Å². The topological polar surface area (TPSA) is 54.4 Å². The number of amides is 2. The molecular weight excluding hydrogens is 254 g/mol. The number of benzene rings is 1. The quantitative estimate of drug-likeness (QED) is 0.801. The Bertz CT molecular complexity index is 544. The van der Waals surface area contributed by atoms with E-state index in [9.17, 15) is 14.7 Å². The van der Waals surface area contributed by atoms with Crippen LogP contribution in [0.3, 0.4) is 0 Å². The molecule has 1 aromatic rings. The molecule has 1 heterocycles. The van der Waals surface area contributed by atoms with Gasteiger partial charge in [0.05, 0.1) is 12.5 Å². The highest BCUT2D eigenvalue weighted by molar-refractivity contribution is 5.83. The van der Waals surface area contributed by atoms with Crippen LogP contribution in [0, 0.1) is 5.92 Å². The van der Waals surface area contributed by atoms with Crippen LogP contribution < -0.4 is 0 Å². The molecule has 2 amide bonds. The molecule has 0 radical (unpaired) electrons. The molecule has 106 valence electrons. The molecule has 0 aromatic heterocycles. The van der Waals surface area contributed by atoms with E-state index < -0.39 is 6.09 Å². The van der Waals surface area contributed by atoms with Gasteiger partial charge in [-0.3, -0.25) is 0 Å². The Labute approximate surface area is 118 Å².